The Morgan fingerprint density at radius 3 is 2.53 bits per heavy atom. The highest BCUT2D eigenvalue weighted by Gasteiger charge is 2.59. The second kappa shape index (κ2) is 17.0. The number of halogens is 3. The third-order valence-electron chi connectivity index (χ3n) is 13.0. The van der Waals surface area contributed by atoms with E-state index in [0.717, 1.165) is 63.7 Å². The molecule has 0 aromatic rings. The second-order valence-corrected chi connectivity index (χ2v) is 19.6. The van der Waals surface area contributed by atoms with Crippen LogP contribution in [0.15, 0.2) is 11.6 Å². The van der Waals surface area contributed by atoms with E-state index in [2.05, 4.69) is 32.2 Å². The number of alkyl carbamates (subject to hydrolysis) is 1. The van der Waals surface area contributed by atoms with Crippen molar-refractivity contribution in [3.63, 3.8) is 0 Å². The summed E-state index contributed by atoms with van der Waals surface area (Å²) in [6, 6.07) is -0.0114. The number of aliphatic hydroxyl groups excluding tert-OH is 4. The molecule has 9 nitrogen and oxygen atoms in total. The molecule has 1 aliphatic heterocycles. The molecule has 3 saturated carbocycles. The number of hydrogen-bond acceptors (Lipinski definition) is 9. The number of allylic oxidation sites excluding steroid dienone is 1. The molecule has 5 N–H and O–H groups in total. The van der Waals surface area contributed by atoms with Crippen LogP contribution in [-0.2, 0) is 14.2 Å². The SMILES string of the molecule is C[C@H](NC(=O)OCC(Cl)(Cl)Cl)[C@H]1CCC2C3CC=C4C[C@@H](OCCCCCCS[C@@H]5O[C@H](CO)[C@@H](O)[C@H](O)[C@@H]5O)CC[C@]4(C)C3CC[C@@]21C. The van der Waals surface area contributed by atoms with Crippen LogP contribution in [0.25, 0.3) is 0 Å². The number of alkyl halides is 3. The Labute approximate surface area is 311 Å². The number of carbonyl (C=O) groups is 1. The Morgan fingerprint density at radius 2 is 1.80 bits per heavy atom. The fraction of sp³-hybridized carbons (Fsp3) is 0.917. The Balaban J connectivity index is 1.03. The highest BCUT2D eigenvalue weighted by molar-refractivity contribution is 7.99. The Bertz CT molecular complexity index is 1140. The summed E-state index contributed by atoms with van der Waals surface area (Å²) in [4.78, 5) is 12.4. The van der Waals surface area contributed by atoms with Crippen LogP contribution in [0.2, 0.25) is 0 Å². The van der Waals surface area contributed by atoms with Crippen molar-refractivity contribution in [2.24, 2.45) is 34.5 Å². The number of rotatable bonds is 13. The quantitative estimate of drug-likeness (QED) is 0.0805. The maximum absolute atomic E-state index is 12.4. The van der Waals surface area contributed by atoms with Gasteiger partial charge in [0.05, 0.1) is 12.7 Å². The first kappa shape index (κ1) is 40.2. The van der Waals surface area contributed by atoms with Crippen LogP contribution in [0.3, 0.4) is 0 Å². The maximum Gasteiger partial charge on any atom is 0.407 e. The molecule has 5 rings (SSSR count). The number of amides is 1. The van der Waals surface area contributed by atoms with Gasteiger partial charge in [0, 0.05) is 12.6 Å². The predicted molar refractivity (Wildman–Crippen MR) is 194 cm³/mol. The number of nitrogens with one attached hydrogen (secondary N) is 1. The molecule has 4 aliphatic carbocycles. The van der Waals surface area contributed by atoms with Gasteiger partial charge in [-0.1, -0.05) is 73.1 Å². The lowest BCUT2D eigenvalue weighted by atomic mass is 9.47. The number of fused-ring (bicyclic) bond motifs is 5. The fourth-order valence-electron chi connectivity index (χ4n) is 10.3. The van der Waals surface area contributed by atoms with Gasteiger partial charge in [-0.15, -0.1) is 11.8 Å². The molecule has 49 heavy (non-hydrogen) atoms. The molecule has 0 bridgehead atoms. The van der Waals surface area contributed by atoms with Crippen LogP contribution in [0.4, 0.5) is 4.79 Å². The number of carbonyl (C=O) groups excluding carboxylic acids is 1. The van der Waals surface area contributed by atoms with Gasteiger partial charge >= 0.3 is 6.09 Å². The van der Waals surface area contributed by atoms with E-state index in [-0.39, 0.29) is 29.6 Å². The molecular weight excluding hydrogens is 713 g/mol. The van der Waals surface area contributed by atoms with Crippen molar-refractivity contribution in [2.75, 3.05) is 25.6 Å². The van der Waals surface area contributed by atoms with E-state index < -0.39 is 46.3 Å². The summed E-state index contributed by atoms with van der Waals surface area (Å²) in [5, 5.41) is 42.5. The molecule has 3 unspecified atom stereocenters. The summed E-state index contributed by atoms with van der Waals surface area (Å²) in [5.74, 6) is 3.19. The number of unbranched alkanes of at least 4 members (excludes halogenated alkanes) is 3. The first-order valence-corrected chi connectivity index (χ1v) is 20.6. The minimum atomic E-state index is -1.62. The number of aliphatic hydroxyl groups is 4. The van der Waals surface area contributed by atoms with Crippen molar-refractivity contribution in [1.82, 2.24) is 5.32 Å². The molecule has 13 heteroatoms. The van der Waals surface area contributed by atoms with E-state index in [1.165, 1.54) is 37.4 Å². The van der Waals surface area contributed by atoms with Crippen molar-refractivity contribution >= 4 is 52.7 Å². The van der Waals surface area contributed by atoms with E-state index in [1.54, 1.807) is 5.57 Å². The van der Waals surface area contributed by atoms with E-state index >= 15 is 0 Å². The standard InChI is InChI=1S/C36H58Cl3NO8S/c1-21(40-33(45)47-20-36(37,38)39)25-10-11-26-24-9-8-22-18-23(12-14-34(22,2)27(24)13-15-35(25,26)3)46-16-6-4-5-7-17-49-32-31(44)30(43)29(42)28(19-41)48-32/h8,21,23-32,41-44H,4-7,9-20H2,1-3H3,(H,40,45)/t21-,23-,24?,25+,26?,27?,28+,29+,30-,31-,32-,34-,35+/m0/s1. The lowest BCUT2D eigenvalue weighted by Crippen LogP contribution is -2.57. The summed E-state index contributed by atoms with van der Waals surface area (Å²) < 4.78 is 15.5. The minimum absolute atomic E-state index is 0.0114. The lowest BCUT2D eigenvalue weighted by Gasteiger charge is -2.58. The molecule has 4 fully saturated rings. The maximum atomic E-state index is 12.4. The first-order valence-electron chi connectivity index (χ1n) is 18.4. The van der Waals surface area contributed by atoms with Crippen molar-refractivity contribution in [2.45, 2.75) is 144 Å². The molecule has 0 aromatic heterocycles. The van der Waals surface area contributed by atoms with Crippen LogP contribution in [0.5, 0.6) is 0 Å². The minimum Gasteiger partial charge on any atom is -0.445 e. The van der Waals surface area contributed by atoms with Crippen molar-refractivity contribution < 1.29 is 39.4 Å². The average molecular weight is 771 g/mol. The molecule has 5 aliphatic rings. The second-order valence-electron chi connectivity index (χ2n) is 15.8. The van der Waals surface area contributed by atoms with Crippen molar-refractivity contribution in [3.8, 4) is 0 Å². The van der Waals surface area contributed by atoms with Gasteiger partial charge in [0.15, 0.2) is 0 Å². The molecular formula is C36H58Cl3NO8S. The monoisotopic (exact) mass is 769 g/mol. The largest absolute Gasteiger partial charge is 0.445 e. The summed E-state index contributed by atoms with van der Waals surface area (Å²) in [6.45, 7) is 7.17. The zero-order valence-corrected chi connectivity index (χ0v) is 32.3. The highest BCUT2D eigenvalue weighted by atomic mass is 35.6. The highest BCUT2D eigenvalue weighted by Crippen LogP contribution is 2.66. The molecule has 0 spiro atoms. The summed E-state index contributed by atoms with van der Waals surface area (Å²) in [7, 11) is 0. The van der Waals surface area contributed by atoms with Gasteiger partial charge < -0.3 is 40.0 Å². The zero-order chi connectivity index (χ0) is 35.6. The molecule has 13 atom stereocenters. The Morgan fingerprint density at radius 1 is 1.04 bits per heavy atom. The van der Waals surface area contributed by atoms with E-state index in [0.29, 0.717) is 23.7 Å². The van der Waals surface area contributed by atoms with E-state index in [1.807, 2.05) is 0 Å². The van der Waals surface area contributed by atoms with Crippen LogP contribution in [0, 0.1) is 34.5 Å². The molecule has 282 valence electrons. The third-order valence-corrected chi connectivity index (χ3v) is 14.5. The van der Waals surface area contributed by atoms with Gasteiger partial charge in [0.2, 0.25) is 3.79 Å². The van der Waals surface area contributed by atoms with E-state index in [4.69, 9.17) is 49.0 Å². The number of thioether (sulfide) groups is 1. The summed E-state index contributed by atoms with van der Waals surface area (Å²) in [5.41, 5.74) is 1.38. The Hall–Kier alpha value is -0.0100. The number of hydrogen-bond donors (Lipinski definition) is 5. The Kier molecular flexibility index (Phi) is 13.9. The van der Waals surface area contributed by atoms with Crippen molar-refractivity contribution in [1.29, 1.82) is 0 Å². The van der Waals surface area contributed by atoms with Gasteiger partial charge in [0.1, 0.15) is 36.5 Å². The summed E-state index contributed by atoms with van der Waals surface area (Å²) >= 11 is 18.7. The lowest BCUT2D eigenvalue weighted by molar-refractivity contribution is -0.205. The smallest absolute Gasteiger partial charge is 0.407 e. The molecule has 1 heterocycles. The normalized spacial score (nSPS) is 41.2. The fourth-order valence-corrected chi connectivity index (χ4v) is 11.7. The molecule has 1 amide bonds. The molecule has 0 aromatic carbocycles. The van der Waals surface area contributed by atoms with E-state index in [9.17, 15) is 25.2 Å². The van der Waals surface area contributed by atoms with Crippen LogP contribution < -0.4 is 5.32 Å². The zero-order valence-electron chi connectivity index (χ0n) is 29.2. The van der Waals surface area contributed by atoms with Gasteiger partial charge in [-0.2, -0.15) is 0 Å². The molecule has 0 radical (unpaired) electrons. The number of ether oxygens (including phenoxy) is 3. The third kappa shape index (κ3) is 9.21. The van der Waals surface area contributed by atoms with Gasteiger partial charge in [-0.25, -0.2) is 4.79 Å². The van der Waals surface area contributed by atoms with Crippen molar-refractivity contribution in [3.05, 3.63) is 11.6 Å². The van der Waals surface area contributed by atoms with Gasteiger partial charge in [-0.3, -0.25) is 0 Å². The van der Waals surface area contributed by atoms with Gasteiger partial charge in [-0.05, 0) is 111 Å². The van der Waals surface area contributed by atoms with Crippen LogP contribution >= 0.6 is 46.6 Å². The molecule has 1 saturated heterocycles. The first-order chi connectivity index (χ1) is 23.2. The van der Waals surface area contributed by atoms with Gasteiger partial charge in [0.25, 0.3) is 0 Å². The topological polar surface area (TPSA) is 138 Å². The summed E-state index contributed by atoms with van der Waals surface area (Å²) in [6.07, 6.45) is 10.9. The van der Waals surface area contributed by atoms with Crippen LogP contribution in [-0.4, -0.2) is 97.9 Å². The van der Waals surface area contributed by atoms with Crippen LogP contribution in [0.1, 0.15) is 97.8 Å². The average Bonchev–Trinajstić information content (AvgIpc) is 3.42. The predicted octanol–water partition coefficient (Wildman–Crippen LogP) is 6.53.